The van der Waals surface area contributed by atoms with Crippen molar-refractivity contribution in [1.82, 2.24) is 0 Å². The standard InChI is InChI=1S/C13H7BrCl2F2O/c14-11-1-2-12(17)10(13(11)18)6-19-9-4-7(15)3-8(16)5-9/h1-5H,6H2. The molecule has 0 heterocycles. The van der Waals surface area contributed by atoms with Crippen molar-refractivity contribution < 1.29 is 13.5 Å². The van der Waals surface area contributed by atoms with Crippen molar-refractivity contribution in [3.63, 3.8) is 0 Å². The van der Waals surface area contributed by atoms with Gasteiger partial charge in [-0.1, -0.05) is 23.2 Å². The molecular weight excluding hydrogens is 361 g/mol. The van der Waals surface area contributed by atoms with Crippen LogP contribution in [0, 0.1) is 11.6 Å². The highest BCUT2D eigenvalue weighted by Gasteiger charge is 2.13. The molecule has 0 N–H and O–H groups in total. The monoisotopic (exact) mass is 366 g/mol. The molecule has 2 aromatic rings. The van der Waals surface area contributed by atoms with Crippen molar-refractivity contribution in [3.8, 4) is 5.75 Å². The normalized spacial score (nSPS) is 10.6. The van der Waals surface area contributed by atoms with Crippen LogP contribution in [0.15, 0.2) is 34.8 Å². The van der Waals surface area contributed by atoms with Crippen LogP contribution in [0.4, 0.5) is 8.78 Å². The van der Waals surface area contributed by atoms with Crippen LogP contribution >= 0.6 is 39.1 Å². The molecule has 0 spiro atoms. The molecule has 2 aromatic carbocycles. The van der Waals surface area contributed by atoms with Gasteiger partial charge in [0.15, 0.2) is 0 Å². The van der Waals surface area contributed by atoms with Crippen molar-refractivity contribution in [2.45, 2.75) is 6.61 Å². The second-order valence-corrected chi connectivity index (χ2v) is 5.44. The van der Waals surface area contributed by atoms with E-state index in [0.717, 1.165) is 6.07 Å². The molecule has 0 bridgehead atoms. The summed E-state index contributed by atoms with van der Waals surface area (Å²) in [5, 5.41) is 0.773. The second-order valence-electron chi connectivity index (χ2n) is 3.72. The highest BCUT2D eigenvalue weighted by atomic mass is 79.9. The fraction of sp³-hybridized carbons (Fsp3) is 0.0769. The first kappa shape index (κ1) is 14.6. The van der Waals surface area contributed by atoms with E-state index in [9.17, 15) is 8.78 Å². The number of hydrogen-bond acceptors (Lipinski definition) is 1. The zero-order valence-corrected chi connectivity index (χ0v) is 12.5. The summed E-state index contributed by atoms with van der Waals surface area (Å²) in [5.74, 6) is -1.02. The summed E-state index contributed by atoms with van der Waals surface area (Å²) in [6.45, 7) is -0.256. The Morgan fingerprint density at radius 1 is 1.05 bits per heavy atom. The Bertz CT molecular complexity index is 600. The summed E-state index contributed by atoms with van der Waals surface area (Å²) in [6.07, 6.45) is 0. The van der Waals surface area contributed by atoms with Gasteiger partial charge in [0.2, 0.25) is 0 Å². The van der Waals surface area contributed by atoms with E-state index in [1.165, 1.54) is 24.3 Å². The molecule has 0 radical (unpaired) electrons. The van der Waals surface area contributed by atoms with Gasteiger partial charge in [-0.3, -0.25) is 0 Å². The Morgan fingerprint density at radius 2 is 1.68 bits per heavy atom. The van der Waals surface area contributed by atoms with Gasteiger partial charge in [-0.15, -0.1) is 0 Å². The van der Waals surface area contributed by atoms with Gasteiger partial charge in [0.25, 0.3) is 0 Å². The second kappa shape index (κ2) is 6.07. The van der Waals surface area contributed by atoms with Crippen molar-refractivity contribution in [1.29, 1.82) is 0 Å². The smallest absolute Gasteiger partial charge is 0.146 e. The van der Waals surface area contributed by atoms with Gasteiger partial charge >= 0.3 is 0 Å². The Morgan fingerprint density at radius 3 is 2.32 bits per heavy atom. The van der Waals surface area contributed by atoms with E-state index in [0.29, 0.717) is 15.8 Å². The van der Waals surface area contributed by atoms with Crippen LogP contribution in [0.3, 0.4) is 0 Å². The van der Waals surface area contributed by atoms with E-state index >= 15 is 0 Å². The molecule has 100 valence electrons. The summed E-state index contributed by atoms with van der Waals surface area (Å²) in [6, 6.07) is 7.03. The zero-order chi connectivity index (χ0) is 14.0. The van der Waals surface area contributed by atoms with Gasteiger partial charge in [-0.2, -0.15) is 0 Å². The minimum absolute atomic E-state index is 0.162. The first-order valence-corrected chi connectivity index (χ1v) is 6.73. The molecule has 0 saturated carbocycles. The Balaban J connectivity index is 2.21. The zero-order valence-electron chi connectivity index (χ0n) is 9.39. The van der Waals surface area contributed by atoms with Crippen LogP contribution in [0.1, 0.15) is 5.56 Å². The molecule has 0 aliphatic heterocycles. The van der Waals surface area contributed by atoms with Gasteiger partial charge < -0.3 is 4.74 Å². The molecule has 19 heavy (non-hydrogen) atoms. The van der Waals surface area contributed by atoms with E-state index in [-0.39, 0.29) is 16.6 Å². The lowest BCUT2D eigenvalue weighted by molar-refractivity contribution is 0.292. The number of benzene rings is 2. The Labute approximate surface area is 127 Å². The quantitative estimate of drug-likeness (QED) is 0.640. The Hall–Kier alpha value is -0.840. The van der Waals surface area contributed by atoms with Crippen LogP contribution in [-0.4, -0.2) is 0 Å². The lowest BCUT2D eigenvalue weighted by atomic mass is 10.2. The maximum absolute atomic E-state index is 13.7. The third-order valence-electron chi connectivity index (χ3n) is 2.36. The largest absolute Gasteiger partial charge is 0.489 e. The molecule has 0 aromatic heterocycles. The fourth-order valence-corrected chi connectivity index (χ4v) is 2.35. The topological polar surface area (TPSA) is 9.23 Å². The number of hydrogen-bond donors (Lipinski definition) is 0. The summed E-state index contributed by atoms with van der Waals surface area (Å²) in [4.78, 5) is 0. The first-order chi connectivity index (χ1) is 8.97. The molecule has 0 aliphatic rings. The van der Waals surface area contributed by atoms with Crippen LogP contribution in [0.5, 0.6) is 5.75 Å². The predicted molar refractivity (Wildman–Crippen MR) is 74.9 cm³/mol. The number of ether oxygens (including phenoxy) is 1. The third-order valence-corrected chi connectivity index (χ3v) is 3.41. The van der Waals surface area contributed by atoms with E-state index in [1.54, 1.807) is 0 Å². The minimum Gasteiger partial charge on any atom is -0.489 e. The van der Waals surface area contributed by atoms with Gasteiger partial charge in [0, 0.05) is 10.0 Å². The maximum atomic E-state index is 13.7. The lowest BCUT2D eigenvalue weighted by Gasteiger charge is -2.09. The average Bonchev–Trinajstić information content (AvgIpc) is 2.33. The molecular formula is C13H7BrCl2F2O. The molecule has 0 amide bonds. The van der Waals surface area contributed by atoms with E-state index in [2.05, 4.69) is 15.9 Å². The molecule has 2 rings (SSSR count). The summed E-state index contributed by atoms with van der Waals surface area (Å²) >= 11 is 14.6. The van der Waals surface area contributed by atoms with Crippen molar-refractivity contribution in [2.24, 2.45) is 0 Å². The molecule has 1 nitrogen and oxygen atoms in total. The molecule has 6 heteroatoms. The van der Waals surface area contributed by atoms with Crippen LogP contribution in [-0.2, 0) is 6.61 Å². The number of halogens is 5. The predicted octanol–water partition coefficient (Wildman–Crippen LogP) is 5.61. The third kappa shape index (κ3) is 3.59. The van der Waals surface area contributed by atoms with Crippen LogP contribution in [0.25, 0.3) is 0 Å². The molecule has 0 atom stereocenters. The molecule has 0 saturated heterocycles. The van der Waals surface area contributed by atoms with Crippen molar-refractivity contribution >= 4 is 39.1 Å². The van der Waals surface area contributed by atoms with Gasteiger partial charge in [-0.25, -0.2) is 8.78 Å². The summed E-state index contributed by atoms with van der Waals surface area (Å²) in [7, 11) is 0. The van der Waals surface area contributed by atoms with Crippen LogP contribution in [0.2, 0.25) is 10.0 Å². The average molecular weight is 368 g/mol. The lowest BCUT2D eigenvalue weighted by Crippen LogP contribution is -2.02. The highest BCUT2D eigenvalue weighted by molar-refractivity contribution is 9.10. The fourth-order valence-electron chi connectivity index (χ4n) is 1.47. The maximum Gasteiger partial charge on any atom is 0.146 e. The van der Waals surface area contributed by atoms with Gasteiger partial charge in [0.05, 0.1) is 10.0 Å². The summed E-state index contributed by atoms with van der Waals surface area (Å²) in [5.41, 5.74) is -0.162. The first-order valence-electron chi connectivity index (χ1n) is 5.18. The molecule has 0 aliphatic carbocycles. The minimum atomic E-state index is -0.687. The van der Waals surface area contributed by atoms with Crippen LogP contribution < -0.4 is 4.74 Å². The molecule has 0 unspecified atom stereocenters. The van der Waals surface area contributed by atoms with E-state index in [4.69, 9.17) is 27.9 Å². The SMILES string of the molecule is Fc1ccc(Br)c(F)c1COc1cc(Cl)cc(Cl)c1. The van der Waals surface area contributed by atoms with Crippen molar-refractivity contribution in [2.75, 3.05) is 0 Å². The summed E-state index contributed by atoms with van der Waals surface area (Å²) < 4.78 is 32.7. The van der Waals surface area contributed by atoms with Crippen molar-refractivity contribution in [3.05, 3.63) is 62.0 Å². The Kier molecular flexibility index (Phi) is 4.66. The number of rotatable bonds is 3. The van der Waals surface area contributed by atoms with E-state index in [1.807, 2.05) is 0 Å². The van der Waals surface area contributed by atoms with Gasteiger partial charge in [-0.05, 0) is 46.3 Å². The molecule has 0 fully saturated rings. The van der Waals surface area contributed by atoms with E-state index < -0.39 is 11.6 Å². The highest BCUT2D eigenvalue weighted by Crippen LogP contribution is 2.27. The van der Waals surface area contributed by atoms with Gasteiger partial charge in [0.1, 0.15) is 24.0 Å².